The number of aliphatic carboxylic acids is 1. The lowest BCUT2D eigenvalue weighted by Gasteiger charge is -2.31. The summed E-state index contributed by atoms with van der Waals surface area (Å²) >= 11 is 0. The number of benzene rings is 1. The molecule has 26 heavy (non-hydrogen) atoms. The van der Waals surface area contributed by atoms with Crippen molar-refractivity contribution in [2.75, 3.05) is 25.2 Å². The van der Waals surface area contributed by atoms with Crippen LogP contribution in [0.25, 0.3) is 10.9 Å². The lowest BCUT2D eigenvalue weighted by atomic mass is 9.95. The second-order valence-corrected chi connectivity index (χ2v) is 5.95. The monoisotopic (exact) mass is 366 g/mol. The van der Waals surface area contributed by atoms with E-state index in [1.54, 1.807) is 19.0 Å². The third-order valence-electron chi connectivity index (χ3n) is 4.38. The van der Waals surface area contributed by atoms with E-state index in [-0.39, 0.29) is 35.1 Å². The van der Waals surface area contributed by atoms with Crippen molar-refractivity contribution in [1.29, 1.82) is 0 Å². The smallest absolute Gasteiger partial charge is 0.343 e. The number of aromatic nitrogens is 1. The summed E-state index contributed by atoms with van der Waals surface area (Å²) in [7, 11) is 1.65. The highest BCUT2D eigenvalue weighted by Crippen LogP contribution is 2.30. The Hall–Kier alpha value is -2.97. The molecule has 1 aliphatic heterocycles. The molecule has 0 radical (unpaired) electrons. The van der Waals surface area contributed by atoms with Gasteiger partial charge in [-0.25, -0.2) is 13.6 Å². The number of halogens is 2. The Morgan fingerprint density at radius 3 is 2.62 bits per heavy atom. The van der Waals surface area contributed by atoms with Crippen molar-refractivity contribution in [3.8, 4) is 0 Å². The quantitative estimate of drug-likeness (QED) is 0.819. The lowest BCUT2D eigenvalue weighted by molar-refractivity contribution is -0.136. The summed E-state index contributed by atoms with van der Waals surface area (Å²) in [6, 6.07) is 0. The highest BCUT2D eigenvalue weighted by Gasteiger charge is 2.30. The third-order valence-corrected chi connectivity index (χ3v) is 4.38. The van der Waals surface area contributed by atoms with Crippen molar-refractivity contribution in [3.63, 3.8) is 0 Å². The maximum Gasteiger partial charge on any atom is 0.343 e. The number of carboxylic acids is 1. The normalized spacial score (nSPS) is 13.2. The molecule has 0 saturated carbocycles. The molecule has 1 aromatic heterocycles. The fraction of sp³-hybridized carbons (Fsp3) is 0.353. The second-order valence-electron chi connectivity index (χ2n) is 5.95. The van der Waals surface area contributed by atoms with Gasteiger partial charge in [0.1, 0.15) is 5.56 Å². The van der Waals surface area contributed by atoms with Crippen molar-refractivity contribution >= 4 is 22.8 Å². The number of rotatable bonds is 4. The number of carbonyl (C=O) groups is 2. The van der Waals surface area contributed by atoms with E-state index in [0.717, 1.165) is 0 Å². The maximum atomic E-state index is 14.5. The average molecular weight is 366 g/mol. The molecule has 0 bridgehead atoms. The summed E-state index contributed by atoms with van der Waals surface area (Å²) in [5.41, 5.74) is -1.75. The van der Waals surface area contributed by atoms with Gasteiger partial charge in [0.25, 0.3) is 0 Å². The molecule has 1 aromatic carbocycles. The van der Waals surface area contributed by atoms with Gasteiger partial charge in [-0.1, -0.05) is 0 Å². The molecule has 2 aromatic rings. The van der Waals surface area contributed by atoms with Crippen LogP contribution in [0.5, 0.6) is 0 Å². The van der Waals surface area contributed by atoms with E-state index in [2.05, 4.69) is 0 Å². The van der Waals surface area contributed by atoms with Crippen LogP contribution in [0.3, 0.4) is 0 Å². The van der Waals surface area contributed by atoms with Crippen LogP contribution in [-0.2, 0) is 22.4 Å². The molecule has 0 saturated heterocycles. The highest BCUT2D eigenvalue weighted by molar-refractivity contribution is 5.97. The second kappa shape index (κ2) is 6.40. The first kappa shape index (κ1) is 17.8. The molecule has 9 heteroatoms. The van der Waals surface area contributed by atoms with Crippen LogP contribution >= 0.6 is 0 Å². The van der Waals surface area contributed by atoms with Gasteiger partial charge in [-0.3, -0.25) is 14.3 Å². The average Bonchev–Trinajstić information content (AvgIpc) is 2.58. The molecule has 1 aliphatic rings. The topological polar surface area (TPSA) is 88.8 Å². The van der Waals surface area contributed by atoms with Gasteiger partial charge < -0.3 is 14.9 Å². The first-order valence-corrected chi connectivity index (χ1v) is 7.96. The first-order valence-electron chi connectivity index (χ1n) is 7.96. The lowest BCUT2D eigenvalue weighted by Crippen LogP contribution is -2.39. The predicted octanol–water partition coefficient (Wildman–Crippen LogP) is 1.21. The van der Waals surface area contributed by atoms with Gasteiger partial charge in [-0.15, -0.1) is 0 Å². The Labute approximate surface area is 146 Å². The summed E-state index contributed by atoms with van der Waals surface area (Å²) < 4.78 is 35.3. The number of hydrogen-bond donors (Lipinski definition) is 1. The largest absolute Gasteiger partial charge is 0.481 e. The summed E-state index contributed by atoms with van der Waals surface area (Å²) in [5.74, 6) is -4.87. The minimum atomic E-state index is -1.42. The zero-order chi connectivity index (χ0) is 19.2. The summed E-state index contributed by atoms with van der Waals surface area (Å²) in [6.45, 7) is 1.91. The summed E-state index contributed by atoms with van der Waals surface area (Å²) in [5, 5.41) is 10.4. The molecule has 0 amide bonds. The molecule has 138 valence electrons. The van der Waals surface area contributed by atoms with Gasteiger partial charge in [0.15, 0.2) is 11.6 Å². The van der Waals surface area contributed by atoms with Crippen LogP contribution < -0.4 is 10.4 Å². The molecule has 1 N–H and O–H groups in total. The van der Waals surface area contributed by atoms with Gasteiger partial charge in [0, 0.05) is 30.9 Å². The summed E-state index contributed by atoms with van der Waals surface area (Å²) in [6.07, 6.45) is 0.472. The number of hydrogen-bond acceptors (Lipinski definition) is 5. The fourth-order valence-electron chi connectivity index (χ4n) is 3.20. The molecule has 0 spiro atoms. The van der Waals surface area contributed by atoms with Gasteiger partial charge in [-0.2, -0.15) is 0 Å². The molecule has 0 unspecified atom stereocenters. The molecule has 0 fully saturated rings. The van der Waals surface area contributed by atoms with Crippen LogP contribution in [0.2, 0.25) is 0 Å². The Morgan fingerprint density at radius 1 is 1.31 bits per heavy atom. The number of pyridine rings is 1. The number of carbonyl (C=O) groups excluding carboxylic acids is 1. The van der Waals surface area contributed by atoms with Crippen molar-refractivity contribution in [3.05, 3.63) is 44.7 Å². The third kappa shape index (κ3) is 2.59. The number of esters is 1. The maximum absolute atomic E-state index is 14.5. The number of nitrogens with zero attached hydrogens (tertiary/aromatic N) is 2. The molecule has 3 rings (SSSR count). The van der Waals surface area contributed by atoms with Crippen molar-refractivity contribution in [2.24, 2.45) is 0 Å². The fourth-order valence-corrected chi connectivity index (χ4v) is 3.20. The van der Waals surface area contributed by atoms with Gasteiger partial charge in [0.05, 0.1) is 23.9 Å². The Balaban J connectivity index is 2.50. The van der Waals surface area contributed by atoms with Crippen LogP contribution in [0.1, 0.15) is 28.4 Å². The van der Waals surface area contributed by atoms with Crippen LogP contribution in [-0.4, -0.2) is 41.9 Å². The molecular weight excluding hydrogens is 350 g/mol. The zero-order valence-corrected chi connectivity index (χ0v) is 14.1. The minimum absolute atomic E-state index is 0.0164. The number of likely N-dealkylation sites (N-methyl/N-ethyl adjacent to an activating group) is 1. The number of ether oxygens (including phenoxy) is 1. The van der Waals surface area contributed by atoms with E-state index in [0.29, 0.717) is 6.54 Å². The van der Waals surface area contributed by atoms with E-state index < -0.39 is 41.0 Å². The molecule has 7 nitrogen and oxygen atoms in total. The van der Waals surface area contributed by atoms with Crippen LogP contribution in [0.4, 0.5) is 8.78 Å². The molecule has 0 aliphatic carbocycles. The standard InChI is InChI=1S/C17H16F2N2O5/c1-3-26-17(25)10-7-21-15-8(4-5-20(21)2)13(18)14(19)9(6-11(22)23)12(15)16(10)24/h7H,3-6H2,1-2H3,(H,22,23). The van der Waals surface area contributed by atoms with Crippen LogP contribution in [0, 0.1) is 11.6 Å². The van der Waals surface area contributed by atoms with Crippen molar-refractivity contribution in [1.82, 2.24) is 4.68 Å². The van der Waals surface area contributed by atoms with E-state index in [9.17, 15) is 23.2 Å². The van der Waals surface area contributed by atoms with Crippen molar-refractivity contribution in [2.45, 2.75) is 19.8 Å². The first-order chi connectivity index (χ1) is 12.3. The van der Waals surface area contributed by atoms with Crippen molar-refractivity contribution < 1.29 is 28.2 Å². The van der Waals surface area contributed by atoms with Gasteiger partial charge in [0.2, 0.25) is 5.43 Å². The van der Waals surface area contributed by atoms with E-state index >= 15 is 0 Å². The molecule has 2 heterocycles. The van der Waals surface area contributed by atoms with E-state index in [4.69, 9.17) is 9.84 Å². The van der Waals surface area contributed by atoms with E-state index in [1.165, 1.54) is 10.9 Å². The SMILES string of the molecule is CCOC(=O)c1cn2c3c(c(F)c(F)c(CC(=O)O)c3c1=O)CCN2C. The Bertz CT molecular complexity index is 999. The Morgan fingerprint density at radius 2 is 2.00 bits per heavy atom. The predicted molar refractivity (Wildman–Crippen MR) is 88.1 cm³/mol. The zero-order valence-electron chi connectivity index (χ0n) is 14.1. The summed E-state index contributed by atoms with van der Waals surface area (Å²) in [4.78, 5) is 36.1. The number of carboxylic acid groups (broad SMARTS) is 1. The minimum Gasteiger partial charge on any atom is -0.481 e. The Kier molecular flexibility index (Phi) is 4.39. The van der Waals surface area contributed by atoms with Crippen LogP contribution in [0.15, 0.2) is 11.0 Å². The van der Waals surface area contributed by atoms with E-state index in [1.807, 2.05) is 0 Å². The molecular formula is C17H16F2N2O5. The highest BCUT2D eigenvalue weighted by atomic mass is 19.2. The molecule has 0 atom stereocenters. The van der Waals surface area contributed by atoms with Gasteiger partial charge >= 0.3 is 11.9 Å². The van der Waals surface area contributed by atoms with Gasteiger partial charge in [-0.05, 0) is 13.3 Å².